The highest BCUT2D eigenvalue weighted by Crippen LogP contribution is 1.97. The van der Waals surface area contributed by atoms with Crippen molar-refractivity contribution in [2.75, 3.05) is 13.7 Å². The fourth-order valence-corrected chi connectivity index (χ4v) is 1.08. The lowest BCUT2D eigenvalue weighted by Gasteiger charge is -1.99. The molecule has 0 atom stereocenters. The lowest BCUT2D eigenvalue weighted by Crippen LogP contribution is -1.99. The van der Waals surface area contributed by atoms with E-state index in [1.165, 1.54) is 0 Å². The zero-order valence-corrected chi connectivity index (χ0v) is 7.77. The molecule has 72 valence electrons. The molecule has 1 aromatic heterocycles. The molecule has 4 nitrogen and oxygen atoms in total. The van der Waals surface area contributed by atoms with Crippen LogP contribution in [0.3, 0.4) is 0 Å². The molecule has 0 fully saturated rings. The molecule has 0 bridgehead atoms. The zero-order valence-electron chi connectivity index (χ0n) is 7.77. The molecule has 13 heavy (non-hydrogen) atoms. The van der Waals surface area contributed by atoms with Crippen LogP contribution in [0, 0.1) is 0 Å². The third kappa shape index (κ3) is 3.38. The largest absolute Gasteiger partial charge is 0.385 e. The van der Waals surface area contributed by atoms with Gasteiger partial charge in [0.25, 0.3) is 0 Å². The van der Waals surface area contributed by atoms with Crippen molar-refractivity contribution in [1.29, 1.82) is 0 Å². The summed E-state index contributed by atoms with van der Waals surface area (Å²) in [4.78, 5) is 10.3. The smallest absolute Gasteiger partial charge is 0.153 e. The molecular weight excluding hydrogens is 168 g/mol. The minimum Gasteiger partial charge on any atom is -0.385 e. The molecule has 0 aliphatic heterocycles. The molecule has 0 saturated heterocycles. The van der Waals surface area contributed by atoms with Gasteiger partial charge in [-0.25, -0.2) is 0 Å². The van der Waals surface area contributed by atoms with Crippen LogP contribution >= 0.6 is 0 Å². The summed E-state index contributed by atoms with van der Waals surface area (Å²) in [5.74, 6) is 0. The first-order chi connectivity index (χ1) is 6.36. The second-order valence-electron chi connectivity index (χ2n) is 2.85. The van der Waals surface area contributed by atoms with Crippen molar-refractivity contribution in [3.8, 4) is 0 Å². The number of aldehydes is 1. The van der Waals surface area contributed by atoms with Crippen LogP contribution in [0.25, 0.3) is 0 Å². The number of rotatable bonds is 6. The number of unbranched alkanes of at least 4 members (excludes halogenated alkanes) is 1. The molecular formula is C9H14N2O2. The van der Waals surface area contributed by atoms with Gasteiger partial charge < -0.3 is 4.74 Å². The molecule has 1 rings (SSSR count). The van der Waals surface area contributed by atoms with Crippen molar-refractivity contribution < 1.29 is 9.53 Å². The van der Waals surface area contributed by atoms with E-state index in [4.69, 9.17) is 4.74 Å². The van der Waals surface area contributed by atoms with Gasteiger partial charge in [0.2, 0.25) is 0 Å². The predicted molar refractivity (Wildman–Crippen MR) is 48.7 cm³/mol. The van der Waals surface area contributed by atoms with Crippen LogP contribution in [0.5, 0.6) is 0 Å². The summed E-state index contributed by atoms with van der Waals surface area (Å²) in [6.45, 7) is 1.62. The van der Waals surface area contributed by atoms with Gasteiger partial charge in [0.15, 0.2) is 6.29 Å². The van der Waals surface area contributed by atoms with Gasteiger partial charge in [-0.1, -0.05) is 0 Å². The summed E-state index contributed by atoms with van der Waals surface area (Å²) < 4.78 is 6.70. The number of methoxy groups -OCH3 is 1. The second-order valence-corrected chi connectivity index (χ2v) is 2.85. The van der Waals surface area contributed by atoms with E-state index in [2.05, 4.69) is 5.10 Å². The van der Waals surface area contributed by atoms with Crippen LogP contribution in [0.2, 0.25) is 0 Å². The molecule has 0 unspecified atom stereocenters. The molecule has 1 aromatic rings. The van der Waals surface area contributed by atoms with Gasteiger partial charge in [-0.05, 0) is 12.8 Å². The number of hydrogen-bond donors (Lipinski definition) is 0. The Morgan fingerprint density at radius 1 is 1.62 bits per heavy atom. The molecule has 4 heteroatoms. The van der Waals surface area contributed by atoms with Crippen LogP contribution in [0.1, 0.15) is 23.2 Å². The summed E-state index contributed by atoms with van der Waals surface area (Å²) in [5.41, 5.74) is 0.631. The topological polar surface area (TPSA) is 44.1 Å². The molecule has 0 aliphatic carbocycles. The second kappa shape index (κ2) is 5.48. The molecule has 0 amide bonds. The molecule has 0 spiro atoms. The Morgan fingerprint density at radius 3 is 3.08 bits per heavy atom. The van der Waals surface area contributed by atoms with Crippen molar-refractivity contribution in [3.63, 3.8) is 0 Å². The van der Waals surface area contributed by atoms with E-state index in [0.29, 0.717) is 5.56 Å². The van der Waals surface area contributed by atoms with Crippen molar-refractivity contribution in [3.05, 3.63) is 18.0 Å². The van der Waals surface area contributed by atoms with E-state index in [0.717, 1.165) is 32.3 Å². The first-order valence-electron chi connectivity index (χ1n) is 4.33. The van der Waals surface area contributed by atoms with Crippen LogP contribution in [0.4, 0.5) is 0 Å². The average molecular weight is 182 g/mol. The molecule has 0 N–H and O–H groups in total. The van der Waals surface area contributed by atoms with E-state index < -0.39 is 0 Å². The van der Waals surface area contributed by atoms with Crippen molar-refractivity contribution in [2.24, 2.45) is 0 Å². The Balaban J connectivity index is 2.24. The minimum atomic E-state index is 0.631. The highest BCUT2D eigenvalue weighted by atomic mass is 16.5. The van der Waals surface area contributed by atoms with Gasteiger partial charge in [-0.3, -0.25) is 9.48 Å². The molecule has 0 radical (unpaired) electrons. The lowest BCUT2D eigenvalue weighted by atomic mass is 10.3. The summed E-state index contributed by atoms with van der Waals surface area (Å²) in [6, 6.07) is 0. The Hall–Kier alpha value is -1.16. The van der Waals surface area contributed by atoms with Gasteiger partial charge >= 0.3 is 0 Å². The highest BCUT2D eigenvalue weighted by molar-refractivity contribution is 5.73. The number of nitrogens with zero attached hydrogens (tertiary/aromatic N) is 2. The maximum absolute atomic E-state index is 10.3. The Kier molecular flexibility index (Phi) is 4.18. The van der Waals surface area contributed by atoms with Crippen molar-refractivity contribution in [2.45, 2.75) is 19.4 Å². The number of ether oxygens (including phenoxy) is 1. The molecule has 0 aromatic carbocycles. The summed E-state index contributed by atoms with van der Waals surface area (Å²) in [6.07, 6.45) is 6.17. The van der Waals surface area contributed by atoms with Crippen LogP contribution in [-0.2, 0) is 11.3 Å². The number of carbonyl (C=O) groups is 1. The van der Waals surface area contributed by atoms with Crippen LogP contribution < -0.4 is 0 Å². The number of carbonyl (C=O) groups excluding carboxylic acids is 1. The number of hydrogen-bond acceptors (Lipinski definition) is 3. The number of aromatic nitrogens is 2. The quantitative estimate of drug-likeness (QED) is 0.489. The summed E-state index contributed by atoms with van der Waals surface area (Å²) >= 11 is 0. The van der Waals surface area contributed by atoms with Gasteiger partial charge in [-0.15, -0.1) is 0 Å². The highest BCUT2D eigenvalue weighted by Gasteiger charge is 1.95. The van der Waals surface area contributed by atoms with E-state index in [9.17, 15) is 4.79 Å². The van der Waals surface area contributed by atoms with Crippen LogP contribution in [0.15, 0.2) is 12.4 Å². The minimum absolute atomic E-state index is 0.631. The Bertz CT molecular complexity index is 258. The summed E-state index contributed by atoms with van der Waals surface area (Å²) in [5, 5.41) is 4.03. The van der Waals surface area contributed by atoms with E-state index in [1.807, 2.05) is 0 Å². The Morgan fingerprint density at radius 2 is 2.46 bits per heavy atom. The first-order valence-corrected chi connectivity index (χ1v) is 4.33. The fourth-order valence-electron chi connectivity index (χ4n) is 1.08. The fraction of sp³-hybridized carbons (Fsp3) is 0.556. The van der Waals surface area contributed by atoms with Gasteiger partial charge in [0, 0.05) is 26.5 Å². The predicted octanol–water partition coefficient (Wildman–Crippen LogP) is 1.12. The normalized spacial score (nSPS) is 10.2. The van der Waals surface area contributed by atoms with E-state index in [1.54, 1.807) is 24.2 Å². The third-order valence-corrected chi connectivity index (χ3v) is 1.77. The maximum Gasteiger partial charge on any atom is 0.153 e. The van der Waals surface area contributed by atoms with Crippen molar-refractivity contribution in [1.82, 2.24) is 9.78 Å². The van der Waals surface area contributed by atoms with Gasteiger partial charge in [0.05, 0.1) is 11.8 Å². The lowest BCUT2D eigenvalue weighted by molar-refractivity contribution is 0.112. The van der Waals surface area contributed by atoms with Gasteiger partial charge in [0.1, 0.15) is 0 Å². The van der Waals surface area contributed by atoms with Gasteiger partial charge in [-0.2, -0.15) is 5.10 Å². The maximum atomic E-state index is 10.3. The zero-order chi connectivity index (χ0) is 9.52. The standard InChI is InChI=1S/C9H14N2O2/c1-13-5-3-2-4-11-7-9(8-12)6-10-11/h6-8H,2-5H2,1H3. The first kappa shape index (κ1) is 9.92. The van der Waals surface area contributed by atoms with Crippen LogP contribution in [-0.4, -0.2) is 29.8 Å². The molecule has 0 saturated carbocycles. The number of aryl methyl sites for hydroxylation is 1. The van der Waals surface area contributed by atoms with E-state index >= 15 is 0 Å². The SMILES string of the molecule is COCCCCn1cc(C=O)cn1. The summed E-state index contributed by atoms with van der Waals surface area (Å²) in [7, 11) is 1.69. The Labute approximate surface area is 77.5 Å². The average Bonchev–Trinajstić information content (AvgIpc) is 2.60. The molecule has 1 heterocycles. The van der Waals surface area contributed by atoms with E-state index in [-0.39, 0.29) is 0 Å². The third-order valence-electron chi connectivity index (χ3n) is 1.77. The van der Waals surface area contributed by atoms with Crippen molar-refractivity contribution >= 4 is 6.29 Å². The molecule has 0 aliphatic rings. The monoisotopic (exact) mass is 182 g/mol.